The highest BCUT2D eigenvalue weighted by Gasteiger charge is 2.42. The number of aromatic nitrogens is 2. The Morgan fingerprint density at radius 1 is 1.23 bits per heavy atom. The van der Waals surface area contributed by atoms with Gasteiger partial charge in [0.05, 0.1) is 18.3 Å². The molecule has 2 rings (SSSR count). The van der Waals surface area contributed by atoms with Crippen LogP contribution in [-0.4, -0.2) is 50.8 Å². The Balaban J connectivity index is 1.85. The molecule has 9 nitrogen and oxygen atoms in total. The maximum absolute atomic E-state index is 12.4. The molecule has 1 amide bonds. The number of amides is 1. The summed E-state index contributed by atoms with van der Waals surface area (Å²) in [5.74, 6) is 2.24. The fourth-order valence-electron chi connectivity index (χ4n) is 3.44. The van der Waals surface area contributed by atoms with Gasteiger partial charge in [-0.2, -0.15) is 4.98 Å². The molecule has 1 fully saturated rings. The van der Waals surface area contributed by atoms with Crippen LogP contribution in [0, 0.1) is 12.3 Å². The molecule has 1 aliphatic rings. The smallest absolute Gasteiger partial charge is 0.412 e. The molecule has 0 spiro atoms. The van der Waals surface area contributed by atoms with E-state index in [9.17, 15) is 19.8 Å². The Bertz CT molecular complexity index is 818. The van der Waals surface area contributed by atoms with Crippen molar-refractivity contribution in [2.24, 2.45) is 0 Å². The molecule has 0 aromatic carbocycles. The molecule has 1 aromatic rings. The molecule has 3 N–H and O–H groups in total. The van der Waals surface area contributed by atoms with E-state index in [4.69, 9.17) is 15.9 Å². The molecule has 0 aliphatic carbocycles. The average molecular weight is 436 g/mol. The van der Waals surface area contributed by atoms with Crippen molar-refractivity contribution in [1.82, 2.24) is 9.55 Å². The van der Waals surface area contributed by atoms with E-state index in [1.807, 2.05) is 0 Å². The number of nitrogens with one attached hydrogen (secondary N) is 1. The maximum atomic E-state index is 12.4. The summed E-state index contributed by atoms with van der Waals surface area (Å²) in [6, 6.07) is 0. The summed E-state index contributed by atoms with van der Waals surface area (Å²) < 4.78 is 11.6. The third-order valence-corrected chi connectivity index (χ3v) is 5.31. The van der Waals surface area contributed by atoms with E-state index in [1.165, 1.54) is 38.3 Å². The van der Waals surface area contributed by atoms with Crippen molar-refractivity contribution in [1.29, 1.82) is 0 Å². The minimum Gasteiger partial charge on any atom is -0.449 e. The van der Waals surface area contributed by atoms with Crippen molar-refractivity contribution >= 4 is 11.9 Å². The third kappa shape index (κ3) is 7.06. The van der Waals surface area contributed by atoms with Crippen molar-refractivity contribution in [2.75, 3.05) is 11.9 Å². The molecule has 1 aromatic heterocycles. The lowest BCUT2D eigenvalue weighted by Gasteiger charge is -2.18. The molecule has 1 saturated heterocycles. The van der Waals surface area contributed by atoms with E-state index in [0.717, 1.165) is 23.8 Å². The number of rotatable bonds is 11. The van der Waals surface area contributed by atoms with Gasteiger partial charge in [-0.05, 0) is 13.3 Å². The quantitative estimate of drug-likeness (QED) is 0.360. The van der Waals surface area contributed by atoms with Gasteiger partial charge in [-0.15, -0.1) is 6.42 Å². The Labute approximate surface area is 182 Å². The molecule has 0 radical (unpaired) electrons. The summed E-state index contributed by atoms with van der Waals surface area (Å²) in [4.78, 5) is 28.2. The van der Waals surface area contributed by atoms with Crippen molar-refractivity contribution < 1.29 is 24.5 Å². The second-order valence-corrected chi connectivity index (χ2v) is 7.79. The Hall–Kier alpha value is -2.41. The average Bonchev–Trinajstić information content (AvgIpc) is 3.00. The van der Waals surface area contributed by atoms with Crippen LogP contribution in [0.15, 0.2) is 11.0 Å². The van der Waals surface area contributed by atoms with E-state index in [2.05, 4.69) is 23.1 Å². The molecule has 172 valence electrons. The van der Waals surface area contributed by atoms with Gasteiger partial charge in [0.2, 0.25) is 0 Å². The monoisotopic (exact) mass is 435 g/mol. The molecule has 1 aliphatic heterocycles. The number of aliphatic hydroxyl groups is 2. The lowest BCUT2D eigenvalue weighted by atomic mass is 10.1. The number of unbranched alkanes of at least 4 members (excludes halogenated alkanes) is 7. The van der Waals surface area contributed by atoms with Gasteiger partial charge in [0.1, 0.15) is 12.2 Å². The molecular formula is C22H33N3O6. The minimum absolute atomic E-state index is 0.106. The van der Waals surface area contributed by atoms with Crippen LogP contribution in [0.25, 0.3) is 0 Å². The van der Waals surface area contributed by atoms with Crippen LogP contribution < -0.4 is 11.0 Å². The highest BCUT2D eigenvalue weighted by molar-refractivity contribution is 5.84. The number of carbonyl (C=O) groups excluding carboxylic acids is 1. The van der Waals surface area contributed by atoms with E-state index >= 15 is 0 Å². The minimum atomic E-state index is -1.31. The summed E-state index contributed by atoms with van der Waals surface area (Å²) in [6.45, 7) is 4.03. The molecule has 31 heavy (non-hydrogen) atoms. The molecule has 4 atom stereocenters. The number of aliphatic hydroxyl groups excluding tert-OH is 2. The molecule has 9 heteroatoms. The number of nitrogens with zero attached hydrogens (tertiary/aromatic N) is 2. The van der Waals surface area contributed by atoms with Gasteiger partial charge in [0.25, 0.3) is 0 Å². The molecule has 0 saturated carbocycles. The molecule has 2 unspecified atom stereocenters. The van der Waals surface area contributed by atoms with E-state index < -0.39 is 36.3 Å². The number of hydrogen-bond donors (Lipinski definition) is 3. The first-order chi connectivity index (χ1) is 14.9. The zero-order valence-corrected chi connectivity index (χ0v) is 18.2. The van der Waals surface area contributed by atoms with Crippen molar-refractivity contribution in [3.8, 4) is 12.3 Å². The van der Waals surface area contributed by atoms with Crippen LogP contribution in [0.1, 0.15) is 77.0 Å². The first-order valence-corrected chi connectivity index (χ1v) is 10.9. The van der Waals surface area contributed by atoms with Gasteiger partial charge in [0.15, 0.2) is 12.0 Å². The topological polar surface area (TPSA) is 123 Å². The zero-order chi connectivity index (χ0) is 22.8. The lowest BCUT2D eigenvalue weighted by molar-refractivity contribution is -0.0350. The van der Waals surface area contributed by atoms with Crippen LogP contribution >= 0.6 is 0 Å². The van der Waals surface area contributed by atoms with Crippen LogP contribution in [0.4, 0.5) is 10.6 Å². The normalized spacial score (nSPS) is 22.8. The third-order valence-electron chi connectivity index (χ3n) is 5.31. The Morgan fingerprint density at radius 3 is 2.45 bits per heavy atom. The second-order valence-electron chi connectivity index (χ2n) is 7.79. The number of ether oxygens (including phenoxy) is 2. The highest BCUT2D eigenvalue weighted by Crippen LogP contribution is 2.28. The van der Waals surface area contributed by atoms with Gasteiger partial charge in [0, 0.05) is 6.20 Å². The standard InChI is InChI=1S/C22H33N3O6/c1-4-6-7-8-9-10-11-12-13-30-22(29)24-19-16(5-2)14-25(21(28)23-19)20-18(27)17(26)15(3)31-20/h2,14-15,17-18,20,26-27H,4,6-13H2,1,3H3,(H,23,24,28,29)/t15-,17?,18?,20-/m1/s1. The van der Waals surface area contributed by atoms with Crippen molar-refractivity contribution in [2.45, 2.75) is 89.8 Å². The summed E-state index contributed by atoms with van der Waals surface area (Å²) >= 11 is 0. The predicted octanol–water partition coefficient (Wildman–Crippen LogP) is 2.55. The van der Waals surface area contributed by atoms with Crippen molar-refractivity contribution in [3.63, 3.8) is 0 Å². The van der Waals surface area contributed by atoms with E-state index in [1.54, 1.807) is 6.92 Å². The number of carbonyl (C=O) groups is 1. The Morgan fingerprint density at radius 2 is 1.87 bits per heavy atom. The van der Waals surface area contributed by atoms with Gasteiger partial charge in [-0.1, -0.05) is 57.8 Å². The molecule has 2 heterocycles. The lowest BCUT2D eigenvalue weighted by Crippen LogP contribution is -2.36. The number of hydrogen-bond acceptors (Lipinski definition) is 7. The summed E-state index contributed by atoms with van der Waals surface area (Å²) in [6.07, 6.45) is 10.8. The van der Waals surface area contributed by atoms with E-state index in [0.29, 0.717) is 0 Å². The largest absolute Gasteiger partial charge is 0.449 e. The van der Waals surface area contributed by atoms with Crippen LogP contribution in [0.5, 0.6) is 0 Å². The van der Waals surface area contributed by atoms with Crippen LogP contribution in [0.3, 0.4) is 0 Å². The summed E-state index contributed by atoms with van der Waals surface area (Å²) in [5, 5.41) is 22.3. The summed E-state index contributed by atoms with van der Waals surface area (Å²) in [7, 11) is 0. The fourth-order valence-corrected chi connectivity index (χ4v) is 3.44. The highest BCUT2D eigenvalue weighted by atomic mass is 16.6. The molecule has 0 bridgehead atoms. The first kappa shape index (κ1) is 24.9. The number of anilines is 1. The van der Waals surface area contributed by atoms with Gasteiger partial charge < -0.3 is 19.7 Å². The predicted molar refractivity (Wildman–Crippen MR) is 116 cm³/mol. The van der Waals surface area contributed by atoms with E-state index in [-0.39, 0.29) is 18.0 Å². The fraction of sp³-hybridized carbons (Fsp3) is 0.682. The van der Waals surface area contributed by atoms with Gasteiger partial charge >= 0.3 is 11.8 Å². The SMILES string of the molecule is C#Cc1cn([C@@H]2O[C@H](C)C(O)C2O)c(=O)nc1NC(=O)OCCCCCCCCCC. The van der Waals surface area contributed by atoms with Crippen LogP contribution in [-0.2, 0) is 9.47 Å². The first-order valence-electron chi connectivity index (χ1n) is 10.9. The van der Waals surface area contributed by atoms with Gasteiger partial charge in [-0.3, -0.25) is 9.88 Å². The molecular weight excluding hydrogens is 402 g/mol. The second kappa shape index (κ2) is 12.4. The van der Waals surface area contributed by atoms with Gasteiger partial charge in [-0.25, -0.2) is 9.59 Å². The maximum Gasteiger partial charge on any atom is 0.412 e. The van der Waals surface area contributed by atoms with Crippen LogP contribution in [0.2, 0.25) is 0 Å². The zero-order valence-electron chi connectivity index (χ0n) is 18.2. The Kier molecular flexibility index (Phi) is 9.98. The number of terminal acetylenes is 1. The van der Waals surface area contributed by atoms with Crippen molar-refractivity contribution in [3.05, 3.63) is 22.2 Å². The summed E-state index contributed by atoms with van der Waals surface area (Å²) in [5.41, 5.74) is -0.670.